The van der Waals surface area contributed by atoms with E-state index in [1.165, 1.54) is 38.2 Å². The highest BCUT2D eigenvalue weighted by molar-refractivity contribution is 4.92. The van der Waals surface area contributed by atoms with Gasteiger partial charge in [-0.05, 0) is 32.9 Å². The largest absolute Gasteiger partial charge is 0.334 e. The van der Waals surface area contributed by atoms with Gasteiger partial charge in [0.25, 0.3) is 0 Å². The van der Waals surface area contributed by atoms with Crippen molar-refractivity contribution in [2.24, 2.45) is 0 Å². The summed E-state index contributed by atoms with van der Waals surface area (Å²) in [4.78, 5) is 6.91. The van der Waals surface area contributed by atoms with E-state index >= 15 is 0 Å². The fourth-order valence-electron chi connectivity index (χ4n) is 2.10. The summed E-state index contributed by atoms with van der Waals surface area (Å²) in [5.74, 6) is 1.22. The van der Waals surface area contributed by atoms with Gasteiger partial charge < -0.3 is 4.57 Å². The molecule has 2 heterocycles. The maximum absolute atomic E-state index is 4.40. The van der Waals surface area contributed by atoms with Crippen molar-refractivity contribution in [3.8, 4) is 0 Å². The molecule has 1 saturated heterocycles. The van der Waals surface area contributed by atoms with E-state index in [0.29, 0.717) is 0 Å². The minimum absolute atomic E-state index is 1.03. The van der Waals surface area contributed by atoms with Gasteiger partial charge in [-0.1, -0.05) is 6.42 Å². The Labute approximate surface area is 85.7 Å². The zero-order chi connectivity index (χ0) is 9.80. The molecule has 1 aliphatic heterocycles. The molecule has 14 heavy (non-hydrogen) atoms. The average Bonchev–Trinajstić information content (AvgIpc) is 2.67. The number of hydrogen-bond acceptors (Lipinski definition) is 2. The van der Waals surface area contributed by atoms with Crippen molar-refractivity contribution in [2.75, 3.05) is 13.1 Å². The molecule has 0 bridgehead atoms. The normalized spacial score (nSPS) is 18.6. The SMILES string of the molecule is CCn1ccnc1CN1CCCCC1. The lowest BCUT2D eigenvalue weighted by molar-refractivity contribution is 0.213. The third-order valence-corrected chi connectivity index (χ3v) is 2.96. The number of piperidine rings is 1. The number of rotatable bonds is 3. The fraction of sp³-hybridized carbons (Fsp3) is 0.727. The van der Waals surface area contributed by atoms with Crippen LogP contribution in [0, 0.1) is 0 Å². The first kappa shape index (κ1) is 9.71. The maximum atomic E-state index is 4.40. The highest BCUT2D eigenvalue weighted by atomic mass is 15.2. The molecular weight excluding hydrogens is 174 g/mol. The standard InChI is InChI=1S/C11H19N3/c1-2-14-9-6-12-11(14)10-13-7-4-3-5-8-13/h6,9H,2-5,7-8,10H2,1H3. The first-order chi connectivity index (χ1) is 6.90. The first-order valence-electron chi connectivity index (χ1n) is 5.62. The van der Waals surface area contributed by atoms with E-state index < -0.39 is 0 Å². The van der Waals surface area contributed by atoms with E-state index in [1.807, 2.05) is 6.20 Å². The van der Waals surface area contributed by atoms with Crippen LogP contribution in [0.2, 0.25) is 0 Å². The van der Waals surface area contributed by atoms with Crippen LogP contribution in [0.25, 0.3) is 0 Å². The number of likely N-dealkylation sites (tertiary alicyclic amines) is 1. The molecule has 0 aromatic carbocycles. The number of imidazole rings is 1. The van der Waals surface area contributed by atoms with Crippen LogP contribution in [0.1, 0.15) is 32.0 Å². The molecule has 0 saturated carbocycles. The quantitative estimate of drug-likeness (QED) is 0.731. The van der Waals surface area contributed by atoms with Crippen molar-refractivity contribution in [2.45, 2.75) is 39.3 Å². The molecular formula is C11H19N3. The van der Waals surface area contributed by atoms with Gasteiger partial charge >= 0.3 is 0 Å². The van der Waals surface area contributed by atoms with Gasteiger partial charge in [-0.3, -0.25) is 4.90 Å². The Kier molecular flexibility index (Phi) is 3.19. The van der Waals surface area contributed by atoms with E-state index in [2.05, 4.69) is 27.6 Å². The second kappa shape index (κ2) is 4.60. The molecule has 0 amide bonds. The summed E-state index contributed by atoms with van der Waals surface area (Å²) in [6.07, 6.45) is 8.08. The van der Waals surface area contributed by atoms with E-state index in [1.54, 1.807) is 0 Å². The molecule has 3 heteroatoms. The van der Waals surface area contributed by atoms with Gasteiger partial charge in [-0.15, -0.1) is 0 Å². The third-order valence-electron chi connectivity index (χ3n) is 2.96. The Morgan fingerprint density at radius 1 is 1.29 bits per heavy atom. The smallest absolute Gasteiger partial charge is 0.122 e. The Morgan fingerprint density at radius 3 is 2.79 bits per heavy atom. The third kappa shape index (κ3) is 2.15. The molecule has 0 atom stereocenters. The van der Waals surface area contributed by atoms with Crippen LogP contribution in [-0.4, -0.2) is 27.5 Å². The fourth-order valence-corrected chi connectivity index (χ4v) is 2.10. The van der Waals surface area contributed by atoms with Crippen molar-refractivity contribution in [3.63, 3.8) is 0 Å². The summed E-state index contributed by atoms with van der Waals surface area (Å²) >= 11 is 0. The summed E-state index contributed by atoms with van der Waals surface area (Å²) < 4.78 is 2.23. The van der Waals surface area contributed by atoms with Crippen molar-refractivity contribution < 1.29 is 0 Å². The minimum Gasteiger partial charge on any atom is -0.334 e. The molecule has 1 aromatic rings. The summed E-state index contributed by atoms with van der Waals surface area (Å²) in [6.45, 7) is 6.72. The van der Waals surface area contributed by atoms with Crippen LogP contribution < -0.4 is 0 Å². The number of nitrogens with zero attached hydrogens (tertiary/aromatic N) is 3. The molecule has 0 aliphatic carbocycles. The van der Waals surface area contributed by atoms with Gasteiger partial charge in [0.05, 0.1) is 6.54 Å². The Balaban J connectivity index is 1.95. The first-order valence-corrected chi connectivity index (χ1v) is 5.62. The average molecular weight is 193 g/mol. The highest BCUT2D eigenvalue weighted by Crippen LogP contribution is 2.11. The summed E-state index contributed by atoms with van der Waals surface area (Å²) in [5, 5.41) is 0. The Hall–Kier alpha value is -0.830. The second-order valence-electron chi connectivity index (χ2n) is 3.97. The number of hydrogen-bond donors (Lipinski definition) is 0. The molecule has 1 aliphatic rings. The lowest BCUT2D eigenvalue weighted by atomic mass is 10.1. The number of aryl methyl sites for hydroxylation is 1. The van der Waals surface area contributed by atoms with Crippen LogP contribution in [0.4, 0.5) is 0 Å². The summed E-state index contributed by atoms with van der Waals surface area (Å²) in [5.41, 5.74) is 0. The van der Waals surface area contributed by atoms with Gasteiger partial charge in [-0.25, -0.2) is 4.98 Å². The van der Waals surface area contributed by atoms with Crippen LogP contribution in [-0.2, 0) is 13.1 Å². The van der Waals surface area contributed by atoms with Crippen molar-refractivity contribution in [1.82, 2.24) is 14.5 Å². The van der Waals surface area contributed by atoms with Crippen LogP contribution >= 0.6 is 0 Å². The van der Waals surface area contributed by atoms with E-state index in [0.717, 1.165) is 13.1 Å². The molecule has 78 valence electrons. The van der Waals surface area contributed by atoms with E-state index in [-0.39, 0.29) is 0 Å². The van der Waals surface area contributed by atoms with Crippen molar-refractivity contribution >= 4 is 0 Å². The maximum Gasteiger partial charge on any atom is 0.122 e. The van der Waals surface area contributed by atoms with Gasteiger partial charge in [0.1, 0.15) is 5.82 Å². The van der Waals surface area contributed by atoms with Crippen LogP contribution in [0.3, 0.4) is 0 Å². The molecule has 0 spiro atoms. The van der Waals surface area contributed by atoms with E-state index in [9.17, 15) is 0 Å². The lowest BCUT2D eigenvalue weighted by Crippen LogP contribution is -2.30. The minimum atomic E-state index is 1.03. The molecule has 0 radical (unpaired) electrons. The summed E-state index contributed by atoms with van der Waals surface area (Å²) in [7, 11) is 0. The Bertz CT molecular complexity index is 274. The lowest BCUT2D eigenvalue weighted by Gasteiger charge is -2.26. The Morgan fingerprint density at radius 2 is 2.07 bits per heavy atom. The number of aromatic nitrogens is 2. The van der Waals surface area contributed by atoms with Crippen molar-refractivity contribution in [1.29, 1.82) is 0 Å². The zero-order valence-corrected chi connectivity index (χ0v) is 8.95. The van der Waals surface area contributed by atoms with Crippen LogP contribution in [0.15, 0.2) is 12.4 Å². The topological polar surface area (TPSA) is 21.1 Å². The molecule has 2 rings (SSSR count). The van der Waals surface area contributed by atoms with Gasteiger partial charge in [0.15, 0.2) is 0 Å². The zero-order valence-electron chi connectivity index (χ0n) is 8.95. The summed E-state index contributed by atoms with van der Waals surface area (Å²) in [6, 6.07) is 0. The monoisotopic (exact) mass is 193 g/mol. The molecule has 0 N–H and O–H groups in total. The van der Waals surface area contributed by atoms with Crippen molar-refractivity contribution in [3.05, 3.63) is 18.2 Å². The molecule has 0 unspecified atom stereocenters. The van der Waals surface area contributed by atoms with Gasteiger partial charge in [0, 0.05) is 18.9 Å². The highest BCUT2D eigenvalue weighted by Gasteiger charge is 2.12. The predicted molar refractivity (Wildman–Crippen MR) is 57.0 cm³/mol. The molecule has 1 fully saturated rings. The second-order valence-corrected chi connectivity index (χ2v) is 3.97. The predicted octanol–water partition coefficient (Wildman–Crippen LogP) is 1.89. The molecule has 3 nitrogen and oxygen atoms in total. The van der Waals surface area contributed by atoms with Gasteiger partial charge in [0.2, 0.25) is 0 Å². The van der Waals surface area contributed by atoms with E-state index in [4.69, 9.17) is 0 Å². The molecule has 1 aromatic heterocycles. The van der Waals surface area contributed by atoms with Gasteiger partial charge in [-0.2, -0.15) is 0 Å². The van der Waals surface area contributed by atoms with Crippen LogP contribution in [0.5, 0.6) is 0 Å².